The van der Waals surface area contributed by atoms with Gasteiger partial charge in [-0.3, -0.25) is 0 Å². The predicted octanol–water partition coefficient (Wildman–Crippen LogP) is 4.60. The zero-order valence-corrected chi connectivity index (χ0v) is 15.7. The number of halogens is 1. The molecule has 1 aliphatic heterocycles. The molecule has 2 nitrogen and oxygen atoms in total. The molecule has 0 aliphatic carbocycles. The molecule has 106 valence electrons. The molecule has 1 unspecified atom stereocenters. The van der Waals surface area contributed by atoms with Crippen LogP contribution >= 0.6 is 28.4 Å². The lowest BCUT2D eigenvalue weighted by molar-refractivity contribution is 0.177. The minimum Gasteiger partial charge on any atom is -0.238 e. The highest BCUT2D eigenvalue weighted by molar-refractivity contribution is 14.2. The molecule has 0 N–H and O–H groups in total. The van der Waals surface area contributed by atoms with Crippen LogP contribution in [0.5, 0.6) is 0 Å². The van der Waals surface area contributed by atoms with Gasteiger partial charge in [0.25, 0.3) is 0 Å². The van der Waals surface area contributed by atoms with Gasteiger partial charge in [-0.25, -0.2) is 4.45 Å². The number of rotatable bonds is 2. The molecular weight excluding hydrogens is 377 g/mol. The number of benzene rings is 1. The number of hydrogen-bond donors (Lipinski definition) is 0. The average molecular weight is 398 g/mol. The van der Waals surface area contributed by atoms with E-state index in [2.05, 4.69) is 78.5 Å². The Balaban J connectivity index is 2.08. The van der Waals surface area contributed by atoms with Crippen molar-refractivity contribution in [3.8, 4) is 0 Å². The molecule has 0 amide bonds. The number of fused-ring (bicyclic) bond motifs is 1. The second kappa shape index (κ2) is 4.98. The Morgan fingerprint density at radius 3 is 2.35 bits per heavy atom. The van der Waals surface area contributed by atoms with Crippen molar-refractivity contribution in [2.24, 2.45) is 10.8 Å². The maximum atomic E-state index is 4.94. The van der Waals surface area contributed by atoms with Crippen molar-refractivity contribution in [3.63, 3.8) is 0 Å². The van der Waals surface area contributed by atoms with Gasteiger partial charge in [0.1, 0.15) is 0 Å². The Hall–Kier alpha value is -0.0851. The van der Waals surface area contributed by atoms with Gasteiger partial charge in [0, 0.05) is 11.0 Å². The molecule has 1 atom stereocenters. The minimum absolute atomic E-state index is 0.384. The van der Waals surface area contributed by atoms with E-state index in [9.17, 15) is 0 Å². The van der Waals surface area contributed by atoms with Crippen molar-refractivity contribution in [2.45, 2.75) is 40.3 Å². The first-order valence-electron chi connectivity index (χ1n) is 7.20. The highest BCUT2D eigenvalue weighted by Crippen LogP contribution is 2.52. The van der Waals surface area contributed by atoms with E-state index in [0.29, 0.717) is 23.9 Å². The van der Waals surface area contributed by atoms with E-state index in [-0.39, 0.29) is 0 Å². The monoisotopic (exact) mass is 398 g/mol. The van der Waals surface area contributed by atoms with E-state index in [1.165, 1.54) is 29.1 Å². The van der Waals surface area contributed by atoms with Crippen LogP contribution in [0.25, 0.3) is 10.9 Å². The van der Waals surface area contributed by atoms with Gasteiger partial charge < -0.3 is 0 Å². The Kier molecular flexibility index (Phi) is 3.69. The number of para-hydroxylation sites is 1. The third kappa shape index (κ3) is 2.23. The van der Waals surface area contributed by atoms with Crippen molar-refractivity contribution in [1.82, 2.24) is 9.55 Å². The van der Waals surface area contributed by atoms with Crippen LogP contribution < -0.4 is 5.59 Å². The molecule has 0 radical (unpaired) electrons. The summed E-state index contributed by atoms with van der Waals surface area (Å²) in [6.07, 6.45) is 3.15. The highest BCUT2D eigenvalue weighted by Gasteiger charge is 2.49. The van der Waals surface area contributed by atoms with Gasteiger partial charge in [0.15, 0.2) is 0 Å². The Labute approximate surface area is 136 Å². The van der Waals surface area contributed by atoms with Gasteiger partial charge in [-0.05, 0) is 38.9 Å². The molecule has 1 aromatic carbocycles. The molecule has 1 aromatic heterocycles. The maximum Gasteiger partial charge on any atom is 0.204 e. The van der Waals surface area contributed by atoms with Crippen LogP contribution in [0.15, 0.2) is 24.3 Å². The molecule has 20 heavy (non-hydrogen) atoms. The largest absolute Gasteiger partial charge is 0.238 e. The van der Waals surface area contributed by atoms with E-state index >= 15 is 0 Å². The second-order valence-electron chi connectivity index (χ2n) is 7.27. The molecular formula is C15H21BIN2P. The van der Waals surface area contributed by atoms with E-state index in [1.807, 2.05) is 0 Å². The van der Waals surface area contributed by atoms with Crippen molar-refractivity contribution in [3.05, 3.63) is 24.3 Å². The maximum absolute atomic E-state index is 4.94. The molecule has 2 aromatic rings. The molecule has 2 heterocycles. The summed E-state index contributed by atoms with van der Waals surface area (Å²) in [6, 6.07) is 8.69. The first-order chi connectivity index (χ1) is 9.36. The van der Waals surface area contributed by atoms with Crippen LogP contribution in [0.2, 0.25) is 12.6 Å². The number of hydrogen-bond acceptors (Lipinski definition) is 1. The number of nitrogens with zero attached hydrogens (tertiary/aromatic N) is 2. The Morgan fingerprint density at radius 1 is 1.15 bits per heavy atom. The fourth-order valence-corrected chi connectivity index (χ4v) is 5.04. The first kappa shape index (κ1) is 14.8. The van der Waals surface area contributed by atoms with Gasteiger partial charge in [-0.1, -0.05) is 58.5 Å². The minimum atomic E-state index is 0.384. The fraction of sp³-hybridized carbons (Fsp3) is 0.533. The zero-order valence-electron chi connectivity index (χ0n) is 12.6. The fourth-order valence-electron chi connectivity index (χ4n) is 3.51. The summed E-state index contributed by atoms with van der Waals surface area (Å²) in [5.41, 5.74) is 3.38. The van der Waals surface area contributed by atoms with E-state index in [1.54, 1.807) is 0 Å². The van der Waals surface area contributed by atoms with Gasteiger partial charge in [-0.15, -0.1) is 0 Å². The molecule has 1 saturated heterocycles. The summed E-state index contributed by atoms with van der Waals surface area (Å²) in [6.45, 7) is 10.2. The first-order valence-corrected chi connectivity index (χ1v) is 11.3. The van der Waals surface area contributed by atoms with Gasteiger partial charge in [0.2, 0.25) is 6.71 Å². The molecule has 0 bridgehead atoms. The van der Waals surface area contributed by atoms with Crippen LogP contribution in [0.1, 0.15) is 27.7 Å². The topological polar surface area (TPSA) is 17.8 Å². The lowest BCUT2D eigenvalue weighted by atomic mass is 9.43. The SMILES string of the molecule is CC1(C)CB(c2nn(PI)c3ccccc23)CC1(C)C. The van der Waals surface area contributed by atoms with Crippen LogP contribution in [0, 0.1) is 10.8 Å². The summed E-state index contributed by atoms with van der Waals surface area (Å²) in [4.78, 5) is 0. The van der Waals surface area contributed by atoms with Crippen molar-refractivity contribution < 1.29 is 0 Å². The molecule has 5 heteroatoms. The molecule has 0 saturated carbocycles. The van der Waals surface area contributed by atoms with Crippen LogP contribution in [0.3, 0.4) is 0 Å². The summed E-state index contributed by atoms with van der Waals surface area (Å²) < 4.78 is 2.17. The molecule has 1 aliphatic rings. The molecule has 1 fully saturated rings. The van der Waals surface area contributed by atoms with Crippen molar-refractivity contribution in [2.75, 3.05) is 0 Å². The second-order valence-corrected chi connectivity index (χ2v) is 9.31. The third-order valence-corrected chi connectivity index (χ3v) is 7.30. The third-order valence-electron chi connectivity index (χ3n) is 5.43. The number of aromatic nitrogens is 2. The average Bonchev–Trinajstić information content (AvgIpc) is 2.85. The zero-order chi connectivity index (χ0) is 14.5. The van der Waals surface area contributed by atoms with Gasteiger partial charge >= 0.3 is 0 Å². The standard InChI is InChI=1S/C15H21BIN2P/c1-14(2)9-16(10-15(14,3)4)13-11-7-5-6-8-12(11)19(18-13)20-17/h5-8,20H,9-10H2,1-4H3. The summed E-state index contributed by atoms with van der Waals surface area (Å²) in [5.74, 6) is 0. The van der Waals surface area contributed by atoms with Crippen LogP contribution in [-0.2, 0) is 0 Å². The van der Waals surface area contributed by atoms with Crippen molar-refractivity contribution in [1.29, 1.82) is 0 Å². The van der Waals surface area contributed by atoms with E-state index in [0.717, 1.165) is 0 Å². The van der Waals surface area contributed by atoms with E-state index < -0.39 is 0 Å². The van der Waals surface area contributed by atoms with Crippen LogP contribution in [-0.4, -0.2) is 16.3 Å². The summed E-state index contributed by atoms with van der Waals surface area (Å²) >= 11 is 2.42. The highest BCUT2D eigenvalue weighted by atomic mass is 127. The normalized spacial score (nSPS) is 21.4. The van der Waals surface area contributed by atoms with Gasteiger partial charge in [0.05, 0.1) is 11.9 Å². The summed E-state index contributed by atoms with van der Waals surface area (Å²) in [7, 11) is 0. The molecule has 0 spiro atoms. The van der Waals surface area contributed by atoms with Crippen LogP contribution in [0.4, 0.5) is 0 Å². The lowest BCUT2D eigenvalue weighted by Crippen LogP contribution is -2.30. The van der Waals surface area contributed by atoms with Gasteiger partial charge in [-0.2, -0.15) is 5.10 Å². The molecule has 3 rings (SSSR count). The summed E-state index contributed by atoms with van der Waals surface area (Å²) in [5, 5.41) is 6.30. The Bertz CT molecular complexity index is 634. The quantitative estimate of drug-likeness (QED) is 0.411. The lowest BCUT2D eigenvalue weighted by Gasteiger charge is -2.35. The predicted molar refractivity (Wildman–Crippen MR) is 100 cm³/mol. The smallest absolute Gasteiger partial charge is 0.204 e. The van der Waals surface area contributed by atoms with E-state index in [4.69, 9.17) is 5.10 Å². The Morgan fingerprint density at radius 2 is 1.75 bits per heavy atom. The van der Waals surface area contributed by atoms with Crippen molar-refractivity contribution >= 4 is 51.6 Å².